The van der Waals surface area contributed by atoms with Crippen molar-refractivity contribution in [2.45, 2.75) is 31.9 Å². The normalized spacial score (nSPS) is 17.4. The minimum absolute atomic E-state index is 0.0441. The van der Waals surface area contributed by atoms with Gasteiger partial charge in [0.1, 0.15) is 0 Å². The minimum atomic E-state index is -4.49. The Morgan fingerprint density at radius 3 is 2.68 bits per heavy atom. The molecule has 1 fully saturated rings. The summed E-state index contributed by atoms with van der Waals surface area (Å²) in [5.41, 5.74) is 0.0320. The molecule has 1 aliphatic heterocycles. The number of Topliss-reactive ketones (excluding diaryl/α,β-unsaturated/α-hetero) is 1. The van der Waals surface area contributed by atoms with Gasteiger partial charge in [0.2, 0.25) is 5.91 Å². The molecule has 1 amide bonds. The summed E-state index contributed by atoms with van der Waals surface area (Å²) in [7, 11) is 0. The molecule has 1 aliphatic rings. The number of pyridine rings is 1. The van der Waals surface area contributed by atoms with E-state index in [9.17, 15) is 22.8 Å². The Morgan fingerprint density at radius 1 is 1.14 bits per heavy atom. The lowest BCUT2D eigenvalue weighted by Crippen LogP contribution is -2.42. The van der Waals surface area contributed by atoms with Crippen molar-refractivity contribution in [2.75, 3.05) is 13.1 Å². The molecule has 0 aliphatic carbocycles. The number of carbonyl (C=O) groups excluding carboxylic acids is 2. The lowest BCUT2D eigenvalue weighted by molar-refractivity contribution is -0.137. The Hall–Kier alpha value is -2.70. The Morgan fingerprint density at radius 2 is 1.96 bits per heavy atom. The molecule has 0 bridgehead atoms. The third-order valence-corrected chi connectivity index (χ3v) is 4.94. The molecule has 0 unspecified atom stereocenters. The van der Waals surface area contributed by atoms with Gasteiger partial charge in [0.05, 0.1) is 5.56 Å². The molecular formula is C21H21F3N2O2. The zero-order chi connectivity index (χ0) is 20.1. The predicted molar refractivity (Wildman–Crippen MR) is 97.6 cm³/mol. The molecule has 0 saturated carbocycles. The fourth-order valence-corrected chi connectivity index (χ4v) is 3.44. The van der Waals surface area contributed by atoms with Gasteiger partial charge in [-0.05, 0) is 43.5 Å². The van der Waals surface area contributed by atoms with Crippen molar-refractivity contribution in [1.82, 2.24) is 9.88 Å². The fraction of sp³-hybridized carbons (Fsp3) is 0.381. The number of halogens is 3. The van der Waals surface area contributed by atoms with Crippen molar-refractivity contribution in [3.8, 4) is 0 Å². The number of aryl methyl sites for hydroxylation is 1. The van der Waals surface area contributed by atoms with Crippen molar-refractivity contribution in [3.05, 3.63) is 65.5 Å². The lowest BCUT2D eigenvalue weighted by Gasteiger charge is -2.32. The summed E-state index contributed by atoms with van der Waals surface area (Å²) in [6, 6.07) is 10.0. The molecule has 1 saturated heterocycles. The number of amides is 1. The van der Waals surface area contributed by atoms with E-state index in [2.05, 4.69) is 4.98 Å². The Labute approximate surface area is 161 Å². The van der Waals surface area contributed by atoms with Crippen LogP contribution in [0.1, 0.15) is 40.9 Å². The quantitative estimate of drug-likeness (QED) is 0.721. The largest absolute Gasteiger partial charge is 0.416 e. The highest BCUT2D eigenvalue weighted by Crippen LogP contribution is 2.30. The van der Waals surface area contributed by atoms with Crippen LogP contribution in [0.25, 0.3) is 0 Å². The van der Waals surface area contributed by atoms with Crippen molar-refractivity contribution in [3.63, 3.8) is 0 Å². The highest BCUT2D eigenvalue weighted by Gasteiger charge is 2.33. The molecule has 2 aromatic rings. The molecule has 148 valence electrons. The van der Waals surface area contributed by atoms with Crippen molar-refractivity contribution in [2.24, 2.45) is 5.92 Å². The Bertz CT molecular complexity index is 837. The number of nitrogens with zero attached hydrogens (tertiary/aromatic N) is 2. The molecule has 1 aromatic carbocycles. The number of piperidine rings is 1. The number of rotatable bonds is 5. The molecule has 2 heterocycles. The predicted octanol–water partition coefficient (Wildman–Crippen LogP) is 4.15. The minimum Gasteiger partial charge on any atom is -0.342 e. The summed E-state index contributed by atoms with van der Waals surface area (Å²) >= 11 is 0. The van der Waals surface area contributed by atoms with Crippen molar-refractivity contribution in [1.29, 1.82) is 0 Å². The number of hydrogen-bond acceptors (Lipinski definition) is 3. The maximum Gasteiger partial charge on any atom is 0.416 e. The Balaban J connectivity index is 1.62. The first-order chi connectivity index (χ1) is 13.3. The average Bonchev–Trinajstić information content (AvgIpc) is 2.72. The topological polar surface area (TPSA) is 50.3 Å². The van der Waals surface area contributed by atoms with E-state index >= 15 is 0 Å². The molecule has 4 nitrogen and oxygen atoms in total. The van der Waals surface area contributed by atoms with E-state index in [-0.39, 0.29) is 23.8 Å². The molecule has 28 heavy (non-hydrogen) atoms. The van der Waals surface area contributed by atoms with Gasteiger partial charge in [0, 0.05) is 42.9 Å². The number of aromatic nitrogens is 1. The first kappa shape index (κ1) is 20.0. The van der Waals surface area contributed by atoms with E-state index in [1.165, 1.54) is 12.1 Å². The zero-order valence-corrected chi connectivity index (χ0v) is 15.3. The summed E-state index contributed by atoms with van der Waals surface area (Å²) < 4.78 is 38.7. The van der Waals surface area contributed by atoms with Crippen LogP contribution in [0.15, 0.2) is 48.7 Å². The highest BCUT2D eigenvalue weighted by atomic mass is 19.4. The van der Waals surface area contributed by atoms with E-state index in [4.69, 9.17) is 0 Å². The SMILES string of the molecule is O=C(c1cccc(C(F)(F)F)c1)[C@@H]1CCCN(C(=O)CCc2ccccn2)C1. The molecule has 0 radical (unpaired) electrons. The third kappa shape index (κ3) is 4.97. The van der Waals surface area contributed by atoms with E-state index < -0.39 is 17.7 Å². The fourth-order valence-electron chi connectivity index (χ4n) is 3.44. The third-order valence-electron chi connectivity index (χ3n) is 4.94. The molecular weight excluding hydrogens is 369 g/mol. The van der Waals surface area contributed by atoms with Crippen LogP contribution in [0.4, 0.5) is 13.2 Å². The number of hydrogen-bond donors (Lipinski definition) is 0. The second kappa shape index (κ2) is 8.54. The molecule has 0 N–H and O–H groups in total. The van der Waals surface area contributed by atoms with Crippen LogP contribution in [0.2, 0.25) is 0 Å². The standard InChI is InChI=1S/C21H21F3N2O2/c22-21(23,24)17-7-3-5-15(13-17)20(28)16-6-4-12-26(14-16)19(27)10-9-18-8-1-2-11-25-18/h1-3,5,7-8,11,13,16H,4,6,9-10,12,14H2/t16-/m1/s1. The highest BCUT2D eigenvalue weighted by molar-refractivity contribution is 5.98. The molecule has 7 heteroatoms. The monoisotopic (exact) mass is 390 g/mol. The van der Waals surface area contributed by atoms with Gasteiger partial charge in [0.15, 0.2) is 5.78 Å². The molecule has 3 rings (SSSR count). The molecule has 1 atom stereocenters. The number of likely N-dealkylation sites (tertiary alicyclic amines) is 1. The van der Waals surface area contributed by atoms with Crippen LogP contribution in [0.5, 0.6) is 0 Å². The second-order valence-electron chi connectivity index (χ2n) is 6.94. The van der Waals surface area contributed by atoms with E-state index in [1.54, 1.807) is 17.2 Å². The molecule has 0 spiro atoms. The van der Waals surface area contributed by atoms with Crippen LogP contribution in [0, 0.1) is 5.92 Å². The van der Waals surface area contributed by atoms with Crippen LogP contribution in [-0.2, 0) is 17.4 Å². The van der Waals surface area contributed by atoms with Crippen LogP contribution in [-0.4, -0.2) is 34.7 Å². The summed E-state index contributed by atoms with van der Waals surface area (Å²) in [4.78, 5) is 31.0. The summed E-state index contributed by atoms with van der Waals surface area (Å²) in [5.74, 6) is -0.878. The first-order valence-electron chi connectivity index (χ1n) is 9.24. The van der Waals surface area contributed by atoms with Gasteiger partial charge in [0.25, 0.3) is 0 Å². The summed E-state index contributed by atoms with van der Waals surface area (Å²) in [6.45, 7) is 0.809. The summed E-state index contributed by atoms with van der Waals surface area (Å²) in [5, 5.41) is 0. The van der Waals surface area contributed by atoms with Crippen LogP contribution < -0.4 is 0 Å². The van der Waals surface area contributed by atoms with Gasteiger partial charge >= 0.3 is 6.18 Å². The van der Waals surface area contributed by atoms with Gasteiger partial charge in [-0.1, -0.05) is 18.2 Å². The summed E-state index contributed by atoms with van der Waals surface area (Å²) in [6.07, 6.45) is -0.783. The first-order valence-corrected chi connectivity index (χ1v) is 9.24. The number of ketones is 1. The number of alkyl halides is 3. The maximum atomic E-state index is 12.9. The van der Waals surface area contributed by atoms with Crippen LogP contribution in [0.3, 0.4) is 0 Å². The van der Waals surface area contributed by atoms with Gasteiger partial charge in [-0.2, -0.15) is 13.2 Å². The number of benzene rings is 1. The van der Waals surface area contributed by atoms with Gasteiger partial charge in [-0.3, -0.25) is 14.6 Å². The van der Waals surface area contributed by atoms with Crippen molar-refractivity contribution >= 4 is 11.7 Å². The average molecular weight is 390 g/mol. The number of carbonyl (C=O) groups is 2. The van der Waals surface area contributed by atoms with Crippen LogP contribution >= 0.6 is 0 Å². The van der Waals surface area contributed by atoms with Crippen molar-refractivity contribution < 1.29 is 22.8 Å². The van der Waals surface area contributed by atoms with Gasteiger partial charge in [-0.25, -0.2) is 0 Å². The lowest BCUT2D eigenvalue weighted by atomic mass is 9.89. The zero-order valence-electron chi connectivity index (χ0n) is 15.3. The second-order valence-corrected chi connectivity index (χ2v) is 6.94. The maximum absolute atomic E-state index is 12.9. The Kier molecular flexibility index (Phi) is 6.11. The smallest absolute Gasteiger partial charge is 0.342 e. The van der Waals surface area contributed by atoms with E-state index in [1.807, 2.05) is 12.1 Å². The van der Waals surface area contributed by atoms with E-state index in [0.717, 1.165) is 17.8 Å². The van der Waals surface area contributed by atoms with Gasteiger partial charge < -0.3 is 4.90 Å². The van der Waals surface area contributed by atoms with E-state index in [0.29, 0.717) is 32.2 Å². The van der Waals surface area contributed by atoms with Gasteiger partial charge in [-0.15, -0.1) is 0 Å². The molecule has 1 aromatic heterocycles.